The van der Waals surface area contributed by atoms with Crippen LogP contribution in [0.25, 0.3) is 0 Å². The van der Waals surface area contributed by atoms with Crippen LogP contribution >= 0.6 is 0 Å². The topological polar surface area (TPSA) is 75.7 Å². The fourth-order valence-electron chi connectivity index (χ4n) is 2.48. The Hall–Kier alpha value is -2.68. The van der Waals surface area contributed by atoms with Crippen LogP contribution in [0.1, 0.15) is 13.8 Å². The van der Waals surface area contributed by atoms with Crippen molar-refractivity contribution in [2.75, 3.05) is 22.5 Å². The fraction of sp³-hybridized carbons (Fsp3) is 0.278. The van der Waals surface area contributed by atoms with Crippen molar-refractivity contribution in [3.63, 3.8) is 0 Å². The van der Waals surface area contributed by atoms with Crippen LogP contribution in [-0.2, 0) is 14.8 Å². The first-order valence-electron chi connectivity index (χ1n) is 8.11. The highest BCUT2D eigenvalue weighted by molar-refractivity contribution is 7.92. The quantitative estimate of drug-likeness (QED) is 0.777. The zero-order valence-corrected chi connectivity index (χ0v) is 15.9. The van der Waals surface area contributed by atoms with Gasteiger partial charge >= 0.3 is 0 Å². The maximum atomic E-state index is 13.5. The molecule has 9 heteroatoms. The van der Waals surface area contributed by atoms with Crippen LogP contribution in [0.15, 0.2) is 42.5 Å². The second-order valence-electron chi connectivity index (χ2n) is 5.78. The molecule has 0 saturated carbocycles. The number of hydrogen-bond acceptors (Lipinski definition) is 4. The molecule has 0 aliphatic carbocycles. The van der Waals surface area contributed by atoms with Crippen molar-refractivity contribution in [2.24, 2.45) is 0 Å². The fourth-order valence-corrected chi connectivity index (χ4v) is 3.65. The summed E-state index contributed by atoms with van der Waals surface area (Å²) in [5.74, 6) is -2.32. The second kappa shape index (κ2) is 8.34. The number of carbonyl (C=O) groups is 1. The Morgan fingerprint density at radius 1 is 1.15 bits per heavy atom. The summed E-state index contributed by atoms with van der Waals surface area (Å²) in [6.07, 6.45) is 0.884. The van der Waals surface area contributed by atoms with E-state index in [0.717, 1.165) is 28.8 Å². The van der Waals surface area contributed by atoms with Crippen LogP contribution in [-0.4, -0.2) is 33.2 Å². The van der Waals surface area contributed by atoms with Gasteiger partial charge in [-0.1, -0.05) is 0 Å². The minimum Gasteiger partial charge on any atom is -0.494 e. The highest BCUT2D eigenvalue weighted by Gasteiger charge is 2.29. The molecule has 0 aromatic heterocycles. The predicted molar refractivity (Wildman–Crippen MR) is 99.4 cm³/mol. The number of hydrogen-bond donors (Lipinski definition) is 1. The molecule has 2 rings (SSSR count). The first-order valence-corrected chi connectivity index (χ1v) is 9.96. The van der Waals surface area contributed by atoms with Crippen LogP contribution in [0.3, 0.4) is 0 Å². The Balaban J connectivity index is 2.25. The predicted octanol–water partition coefficient (Wildman–Crippen LogP) is 3.16. The molecule has 0 spiro atoms. The molecule has 1 amide bonds. The molecule has 0 aliphatic heterocycles. The van der Waals surface area contributed by atoms with E-state index in [9.17, 15) is 22.0 Å². The van der Waals surface area contributed by atoms with E-state index < -0.39 is 33.6 Å². The summed E-state index contributed by atoms with van der Waals surface area (Å²) in [4.78, 5) is 12.5. The third kappa shape index (κ3) is 5.16. The van der Waals surface area contributed by atoms with E-state index >= 15 is 0 Å². The molecule has 146 valence electrons. The number of carbonyl (C=O) groups excluding carboxylic acids is 1. The lowest BCUT2D eigenvalue weighted by molar-refractivity contribution is -0.116. The van der Waals surface area contributed by atoms with E-state index in [1.54, 1.807) is 24.3 Å². The van der Waals surface area contributed by atoms with Crippen molar-refractivity contribution in [1.82, 2.24) is 0 Å². The first-order chi connectivity index (χ1) is 12.6. The van der Waals surface area contributed by atoms with Gasteiger partial charge in [0.25, 0.3) is 0 Å². The van der Waals surface area contributed by atoms with Crippen molar-refractivity contribution in [2.45, 2.75) is 19.9 Å². The Morgan fingerprint density at radius 3 is 2.30 bits per heavy atom. The molecule has 1 atom stereocenters. The Kier molecular flexibility index (Phi) is 6.37. The number of benzene rings is 2. The third-order valence-corrected chi connectivity index (χ3v) is 4.92. The zero-order chi connectivity index (χ0) is 20.2. The minimum absolute atomic E-state index is 0.147. The molecular formula is C18H20F2N2O4S. The van der Waals surface area contributed by atoms with Gasteiger partial charge in [0, 0.05) is 11.8 Å². The van der Waals surface area contributed by atoms with Gasteiger partial charge in [0.05, 0.1) is 18.6 Å². The van der Waals surface area contributed by atoms with Crippen LogP contribution < -0.4 is 14.4 Å². The largest absolute Gasteiger partial charge is 0.494 e. The maximum absolute atomic E-state index is 13.5. The van der Waals surface area contributed by atoms with Crippen molar-refractivity contribution in [3.8, 4) is 5.75 Å². The lowest BCUT2D eigenvalue weighted by atomic mass is 10.2. The van der Waals surface area contributed by atoms with Crippen molar-refractivity contribution < 1.29 is 26.7 Å². The van der Waals surface area contributed by atoms with E-state index in [1.807, 2.05) is 6.92 Å². The number of rotatable bonds is 7. The van der Waals surface area contributed by atoms with Gasteiger partial charge in [-0.2, -0.15) is 0 Å². The summed E-state index contributed by atoms with van der Waals surface area (Å²) in [6, 6.07) is 7.98. The standard InChI is InChI=1S/C18H20F2N2O4S/c1-4-26-15-8-5-13(6-9-15)21-18(23)12(2)22(27(3,24)25)14-7-10-16(19)17(20)11-14/h5-12H,4H2,1-3H3,(H,21,23). The molecule has 0 radical (unpaired) electrons. The van der Waals surface area contributed by atoms with E-state index in [2.05, 4.69) is 5.32 Å². The van der Waals surface area contributed by atoms with Gasteiger partial charge in [0.1, 0.15) is 11.8 Å². The lowest BCUT2D eigenvalue weighted by Crippen LogP contribution is -2.45. The molecule has 1 unspecified atom stereocenters. The van der Waals surface area contributed by atoms with Crippen LogP contribution in [0.5, 0.6) is 5.75 Å². The Bertz CT molecular complexity index is 917. The molecule has 0 aliphatic rings. The van der Waals surface area contributed by atoms with Gasteiger partial charge < -0.3 is 10.1 Å². The number of nitrogens with zero attached hydrogens (tertiary/aromatic N) is 1. The summed E-state index contributed by atoms with van der Waals surface area (Å²) in [5.41, 5.74) is 0.291. The number of ether oxygens (including phenoxy) is 1. The molecule has 2 aromatic carbocycles. The summed E-state index contributed by atoms with van der Waals surface area (Å²) in [5, 5.41) is 2.59. The molecule has 2 aromatic rings. The molecule has 0 heterocycles. The number of anilines is 2. The summed E-state index contributed by atoms with van der Waals surface area (Å²) in [6.45, 7) is 3.70. The highest BCUT2D eigenvalue weighted by atomic mass is 32.2. The second-order valence-corrected chi connectivity index (χ2v) is 7.64. The van der Waals surface area contributed by atoms with Gasteiger partial charge in [-0.3, -0.25) is 9.10 Å². The van der Waals surface area contributed by atoms with Crippen molar-refractivity contribution in [1.29, 1.82) is 0 Å². The van der Waals surface area contributed by atoms with E-state index in [-0.39, 0.29) is 5.69 Å². The van der Waals surface area contributed by atoms with Gasteiger partial charge in [-0.15, -0.1) is 0 Å². The highest BCUT2D eigenvalue weighted by Crippen LogP contribution is 2.24. The van der Waals surface area contributed by atoms with Crippen molar-refractivity contribution >= 4 is 27.3 Å². The van der Waals surface area contributed by atoms with Crippen LogP contribution in [0.4, 0.5) is 20.2 Å². The van der Waals surface area contributed by atoms with Gasteiger partial charge in [0.15, 0.2) is 11.6 Å². The molecule has 0 bridgehead atoms. The SMILES string of the molecule is CCOc1ccc(NC(=O)C(C)N(c2ccc(F)c(F)c2)S(C)(=O)=O)cc1. The molecular weight excluding hydrogens is 378 g/mol. The molecule has 1 N–H and O–H groups in total. The van der Waals surface area contributed by atoms with Gasteiger partial charge in [-0.25, -0.2) is 17.2 Å². The molecule has 0 saturated heterocycles. The summed E-state index contributed by atoms with van der Waals surface area (Å²) in [7, 11) is -3.93. The summed E-state index contributed by atoms with van der Waals surface area (Å²) < 4.78 is 57.0. The Labute approximate surface area is 156 Å². The van der Waals surface area contributed by atoms with Crippen LogP contribution in [0.2, 0.25) is 0 Å². The van der Waals surface area contributed by atoms with E-state index in [4.69, 9.17) is 4.74 Å². The number of sulfonamides is 1. The van der Waals surface area contributed by atoms with E-state index in [1.165, 1.54) is 6.92 Å². The van der Waals surface area contributed by atoms with Gasteiger partial charge in [0.2, 0.25) is 15.9 Å². The average molecular weight is 398 g/mol. The van der Waals surface area contributed by atoms with Gasteiger partial charge in [-0.05, 0) is 50.2 Å². The van der Waals surface area contributed by atoms with Crippen LogP contribution in [0, 0.1) is 11.6 Å². The molecule has 6 nitrogen and oxygen atoms in total. The smallest absolute Gasteiger partial charge is 0.247 e. The third-order valence-electron chi connectivity index (χ3n) is 3.68. The first kappa shape index (κ1) is 20.6. The zero-order valence-electron chi connectivity index (χ0n) is 15.1. The van der Waals surface area contributed by atoms with E-state index in [0.29, 0.717) is 18.0 Å². The lowest BCUT2D eigenvalue weighted by Gasteiger charge is -2.28. The maximum Gasteiger partial charge on any atom is 0.247 e. The monoisotopic (exact) mass is 398 g/mol. The number of amides is 1. The molecule has 0 fully saturated rings. The van der Waals surface area contributed by atoms with Crippen molar-refractivity contribution in [3.05, 3.63) is 54.1 Å². The number of nitrogens with one attached hydrogen (secondary N) is 1. The molecule has 27 heavy (non-hydrogen) atoms. The normalized spacial score (nSPS) is 12.3. The number of halogens is 2. The minimum atomic E-state index is -3.93. The Morgan fingerprint density at radius 2 is 1.78 bits per heavy atom. The summed E-state index contributed by atoms with van der Waals surface area (Å²) >= 11 is 0. The average Bonchev–Trinajstić information content (AvgIpc) is 2.59.